The predicted octanol–water partition coefficient (Wildman–Crippen LogP) is 3.62. The van der Waals surface area contributed by atoms with E-state index in [0.29, 0.717) is 5.56 Å². The Bertz CT molecular complexity index is 743. The van der Waals surface area contributed by atoms with Crippen molar-refractivity contribution < 1.29 is 9.53 Å². The van der Waals surface area contributed by atoms with Gasteiger partial charge in [-0.1, -0.05) is 30.3 Å². The number of H-pyrrole nitrogens is 1. The van der Waals surface area contributed by atoms with E-state index in [2.05, 4.69) is 4.98 Å². The van der Waals surface area contributed by atoms with Gasteiger partial charge in [0.25, 0.3) is 0 Å². The van der Waals surface area contributed by atoms with E-state index in [1.165, 1.54) is 7.11 Å². The Kier molecular flexibility index (Phi) is 2.80. The van der Waals surface area contributed by atoms with E-state index < -0.39 is 0 Å². The van der Waals surface area contributed by atoms with Crippen LogP contribution in [0.4, 0.5) is 0 Å². The number of hydrogen-bond acceptors (Lipinski definition) is 2. The van der Waals surface area contributed by atoms with Crippen LogP contribution in [0.25, 0.3) is 22.0 Å². The molecule has 3 rings (SSSR count). The van der Waals surface area contributed by atoms with Gasteiger partial charge >= 0.3 is 5.97 Å². The van der Waals surface area contributed by atoms with Crippen molar-refractivity contribution in [3.8, 4) is 11.1 Å². The molecule has 0 radical (unpaired) electrons. The first-order valence-corrected chi connectivity index (χ1v) is 6.04. The summed E-state index contributed by atoms with van der Waals surface area (Å²) < 4.78 is 4.82. The molecule has 2 aromatic carbocycles. The van der Waals surface area contributed by atoms with E-state index in [4.69, 9.17) is 4.74 Å². The minimum atomic E-state index is -0.317. The molecule has 0 saturated carbocycles. The summed E-state index contributed by atoms with van der Waals surface area (Å²) in [6.07, 6.45) is 1.90. The summed E-state index contributed by atoms with van der Waals surface area (Å²) in [6.45, 7) is 0. The third-order valence-corrected chi connectivity index (χ3v) is 3.20. The molecule has 0 fully saturated rings. The number of benzene rings is 2. The van der Waals surface area contributed by atoms with Gasteiger partial charge in [-0.25, -0.2) is 4.79 Å². The van der Waals surface area contributed by atoms with Crippen LogP contribution >= 0.6 is 0 Å². The Balaban J connectivity index is 2.17. The number of carbonyl (C=O) groups excluding carboxylic acids is 1. The van der Waals surface area contributed by atoms with Crippen LogP contribution in [0, 0.1) is 0 Å². The van der Waals surface area contributed by atoms with Gasteiger partial charge in [0, 0.05) is 11.7 Å². The fourth-order valence-electron chi connectivity index (χ4n) is 2.24. The second kappa shape index (κ2) is 4.61. The number of nitrogens with one attached hydrogen (secondary N) is 1. The zero-order valence-electron chi connectivity index (χ0n) is 10.5. The van der Waals surface area contributed by atoms with Gasteiger partial charge in [0.1, 0.15) is 0 Å². The molecule has 0 bridgehead atoms. The molecule has 0 aliphatic carbocycles. The zero-order chi connectivity index (χ0) is 13.2. The van der Waals surface area contributed by atoms with Crippen LogP contribution in [-0.2, 0) is 4.74 Å². The third-order valence-electron chi connectivity index (χ3n) is 3.20. The normalized spacial score (nSPS) is 10.6. The monoisotopic (exact) mass is 251 g/mol. The van der Waals surface area contributed by atoms with Gasteiger partial charge in [0.05, 0.1) is 12.7 Å². The van der Waals surface area contributed by atoms with Gasteiger partial charge in [-0.05, 0) is 34.7 Å². The van der Waals surface area contributed by atoms with E-state index in [-0.39, 0.29) is 5.97 Å². The minimum Gasteiger partial charge on any atom is -0.465 e. The summed E-state index contributed by atoms with van der Waals surface area (Å²) in [5.74, 6) is -0.317. The summed E-state index contributed by atoms with van der Waals surface area (Å²) in [7, 11) is 1.40. The van der Waals surface area contributed by atoms with E-state index >= 15 is 0 Å². The first-order chi connectivity index (χ1) is 9.29. The van der Waals surface area contributed by atoms with Crippen LogP contribution in [0.3, 0.4) is 0 Å². The smallest absolute Gasteiger partial charge is 0.338 e. The summed E-state index contributed by atoms with van der Waals surface area (Å²) in [5.41, 5.74) is 3.51. The van der Waals surface area contributed by atoms with Gasteiger partial charge < -0.3 is 9.72 Å². The van der Waals surface area contributed by atoms with E-state index in [1.807, 2.05) is 48.7 Å². The maximum atomic E-state index is 11.8. The van der Waals surface area contributed by atoms with Gasteiger partial charge in [-0.15, -0.1) is 0 Å². The highest BCUT2D eigenvalue weighted by Gasteiger charge is 2.12. The van der Waals surface area contributed by atoms with Crippen molar-refractivity contribution in [1.29, 1.82) is 0 Å². The minimum absolute atomic E-state index is 0.317. The van der Waals surface area contributed by atoms with Gasteiger partial charge in [-0.3, -0.25) is 0 Å². The van der Waals surface area contributed by atoms with Crippen LogP contribution in [0.1, 0.15) is 10.4 Å². The van der Waals surface area contributed by atoms with Crippen LogP contribution in [0.2, 0.25) is 0 Å². The second-order valence-corrected chi connectivity index (χ2v) is 4.32. The summed E-state index contributed by atoms with van der Waals surface area (Å²) in [6, 6.07) is 15.6. The first-order valence-electron chi connectivity index (χ1n) is 6.04. The number of methoxy groups -OCH3 is 1. The molecule has 0 spiro atoms. The molecule has 94 valence electrons. The van der Waals surface area contributed by atoms with Crippen molar-refractivity contribution in [2.45, 2.75) is 0 Å². The van der Waals surface area contributed by atoms with Crippen molar-refractivity contribution in [3.63, 3.8) is 0 Å². The van der Waals surface area contributed by atoms with Crippen LogP contribution in [-0.4, -0.2) is 18.1 Å². The highest BCUT2D eigenvalue weighted by atomic mass is 16.5. The quantitative estimate of drug-likeness (QED) is 0.707. The number of carbonyl (C=O) groups is 1. The SMILES string of the molecule is COC(=O)c1ccccc1-c1ccc2cc[nH]c2c1. The van der Waals surface area contributed by atoms with Crippen LogP contribution in [0.15, 0.2) is 54.7 Å². The molecule has 0 aliphatic rings. The highest BCUT2D eigenvalue weighted by molar-refractivity contribution is 5.98. The Morgan fingerprint density at radius 1 is 1.11 bits per heavy atom. The van der Waals surface area contributed by atoms with Gasteiger partial charge in [-0.2, -0.15) is 0 Å². The molecule has 0 aliphatic heterocycles. The first kappa shape index (κ1) is 11.5. The molecule has 1 aromatic heterocycles. The molecular formula is C16H13NO2. The largest absolute Gasteiger partial charge is 0.465 e. The lowest BCUT2D eigenvalue weighted by molar-refractivity contribution is 0.0601. The van der Waals surface area contributed by atoms with Gasteiger partial charge in [0.15, 0.2) is 0 Å². The molecular weight excluding hydrogens is 238 g/mol. The van der Waals surface area contributed by atoms with Crippen molar-refractivity contribution in [1.82, 2.24) is 4.98 Å². The average Bonchev–Trinajstić information content (AvgIpc) is 2.93. The Labute approximate surface area is 110 Å². The Hall–Kier alpha value is -2.55. The predicted molar refractivity (Wildman–Crippen MR) is 75.1 cm³/mol. The lowest BCUT2D eigenvalue weighted by Crippen LogP contribution is -2.03. The molecule has 3 heteroatoms. The molecule has 0 atom stereocenters. The average molecular weight is 251 g/mol. The fraction of sp³-hybridized carbons (Fsp3) is 0.0625. The van der Waals surface area contributed by atoms with Gasteiger partial charge in [0.2, 0.25) is 0 Å². The van der Waals surface area contributed by atoms with Crippen molar-refractivity contribution >= 4 is 16.9 Å². The van der Waals surface area contributed by atoms with Crippen molar-refractivity contribution in [2.24, 2.45) is 0 Å². The number of aromatic amines is 1. The van der Waals surface area contributed by atoms with E-state index in [0.717, 1.165) is 22.0 Å². The third kappa shape index (κ3) is 1.99. The van der Waals surface area contributed by atoms with Crippen molar-refractivity contribution in [2.75, 3.05) is 7.11 Å². The summed E-state index contributed by atoms with van der Waals surface area (Å²) in [4.78, 5) is 15.0. The number of fused-ring (bicyclic) bond motifs is 1. The number of aromatic nitrogens is 1. The van der Waals surface area contributed by atoms with E-state index in [9.17, 15) is 4.79 Å². The molecule has 19 heavy (non-hydrogen) atoms. The maximum absolute atomic E-state index is 11.8. The fourth-order valence-corrected chi connectivity index (χ4v) is 2.24. The van der Waals surface area contributed by atoms with Crippen molar-refractivity contribution in [3.05, 3.63) is 60.3 Å². The Morgan fingerprint density at radius 3 is 2.79 bits per heavy atom. The molecule has 0 amide bonds. The lowest BCUT2D eigenvalue weighted by atomic mass is 9.99. The number of ether oxygens (including phenoxy) is 1. The number of hydrogen-bond donors (Lipinski definition) is 1. The molecule has 3 aromatic rings. The van der Waals surface area contributed by atoms with E-state index in [1.54, 1.807) is 6.07 Å². The highest BCUT2D eigenvalue weighted by Crippen LogP contribution is 2.27. The molecule has 0 saturated heterocycles. The second-order valence-electron chi connectivity index (χ2n) is 4.32. The van der Waals surface area contributed by atoms with Crippen LogP contribution in [0.5, 0.6) is 0 Å². The zero-order valence-corrected chi connectivity index (χ0v) is 10.5. The Morgan fingerprint density at radius 2 is 1.95 bits per heavy atom. The van der Waals surface area contributed by atoms with Crippen LogP contribution < -0.4 is 0 Å². The maximum Gasteiger partial charge on any atom is 0.338 e. The molecule has 1 heterocycles. The topological polar surface area (TPSA) is 42.1 Å². The molecule has 1 N–H and O–H groups in total. The summed E-state index contributed by atoms with van der Waals surface area (Å²) >= 11 is 0. The number of rotatable bonds is 2. The lowest BCUT2D eigenvalue weighted by Gasteiger charge is -2.08. The molecule has 3 nitrogen and oxygen atoms in total. The molecule has 0 unspecified atom stereocenters. The summed E-state index contributed by atoms with van der Waals surface area (Å²) in [5, 5.41) is 1.15. The standard InChI is InChI=1S/C16H13NO2/c1-19-16(18)14-5-3-2-4-13(14)12-7-6-11-8-9-17-15(11)10-12/h2-10,17H,1H3. The number of esters is 1.